The summed E-state index contributed by atoms with van der Waals surface area (Å²) in [4.78, 5) is 31.1. The van der Waals surface area contributed by atoms with E-state index >= 15 is 0 Å². The molecule has 8 heteroatoms. The number of hydrogen-bond donors (Lipinski definition) is 1. The summed E-state index contributed by atoms with van der Waals surface area (Å²) in [7, 11) is 0. The number of hydrogen-bond acceptors (Lipinski definition) is 5. The van der Waals surface area contributed by atoms with Gasteiger partial charge in [-0.3, -0.25) is 14.5 Å². The van der Waals surface area contributed by atoms with Gasteiger partial charge < -0.3 is 5.32 Å². The molecule has 3 aromatic rings. The smallest absolute Gasteiger partial charge is 0.244 e. The van der Waals surface area contributed by atoms with Crippen molar-refractivity contribution in [3.05, 3.63) is 77.6 Å². The molecule has 0 unspecified atom stereocenters. The Bertz CT molecular complexity index is 1040. The number of amides is 2. The summed E-state index contributed by atoms with van der Waals surface area (Å²) in [5.74, 6) is 0.246. The number of nitrogens with one attached hydrogen (secondary N) is 1. The largest absolute Gasteiger partial charge is 0.353 e. The molecule has 2 amide bonds. The first-order valence-electron chi connectivity index (χ1n) is 9.68. The van der Waals surface area contributed by atoms with Gasteiger partial charge in [-0.25, -0.2) is 9.37 Å². The van der Waals surface area contributed by atoms with Gasteiger partial charge in [-0.15, -0.1) is 23.1 Å². The van der Waals surface area contributed by atoms with Crippen LogP contribution in [0.4, 0.5) is 15.2 Å². The van der Waals surface area contributed by atoms with Crippen molar-refractivity contribution >= 4 is 51.8 Å². The maximum Gasteiger partial charge on any atom is 0.244 e. The Balaban J connectivity index is 1.46. The van der Waals surface area contributed by atoms with Gasteiger partial charge in [0.25, 0.3) is 0 Å². The summed E-state index contributed by atoms with van der Waals surface area (Å²) in [6.07, 6.45) is 3.87. The zero-order chi connectivity index (χ0) is 22.1. The normalized spacial score (nSPS) is 10.9. The minimum absolute atomic E-state index is 0.132. The molecule has 2 aromatic carbocycles. The summed E-state index contributed by atoms with van der Waals surface area (Å²) >= 11 is 2.96. The average molecular weight is 456 g/mol. The summed E-state index contributed by atoms with van der Waals surface area (Å²) in [5.41, 5.74) is 1.36. The van der Waals surface area contributed by atoms with Crippen molar-refractivity contribution in [1.29, 1.82) is 0 Å². The Morgan fingerprint density at radius 2 is 1.90 bits per heavy atom. The van der Waals surface area contributed by atoms with E-state index in [1.807, 2.05) is 30.3 Å². The van der Waals surface area contributed by atoms with Crippen LogP contribution in [0.1, 0.15) is 19.0 Å². The molecule has 0 radical (unpaired) electrons. The summed E-state index contributed by atoms with van der Waals surface area (Å²) in [6, 6.07) is 15.7. The molecule has 0 aliphatic carbocycles. The second kappa shape index (κ2) is 11.4. The number of carbonyl (C=O) groups excluding carboxylic acids is 2. The number of carbonyl (C=O) groups is 2. The third-order valence-electron chi connectivity index (χ3n) is 4.14. The third-order valence-corrected chi connectivity index (χ3v) is 6.08. The lowest BCUT2D eigenvalue weighted by Crippen LogP contribution is -2.22. The molecule has 1 N–H and O–H groups in total. The Hall–Kier alpha value is -2.97. The Morgan fingerprint density at radius 3 is 2.61 bits per heavy atom. The van der Waals surface area contributed by atoms with Gasteiger partial charge in [-0.1, -0.05) is 18.2 Å². The maximum atomic E-state index is 12.9. The van der Waals surface area contributed by atoms with Crippen LogP contribution in [0.5, 0.6) is 0 Å². The van der Waals surface area contributed by atoms with Gasteiger partial charge in [0, 0.05) is 29.8 Å². The minimum Gasteiger partial charge on any atom is -0.353 e. The molecule has 160 valence electrons. The van der Waals surface area contributed by atoms with E-state index in [0.717, 1.165) is 22.8 Å². The number of rotatable bonds is 9. The van der Waals surface area contributed by atoms with E-state index < -0.39 is 0 Å². The molecule has 3 rings (SSSR count). The van der Waals surface area contributed by atoms with Crippen molar-refractivity contribution < 1.29 is 14.0 Å². The van der Waals surface area contributed by atoms with Gasteiger partial charge in [0.05, 0.1) is 11.4 Å². The van der Waals surface area contributed by atoms with Gasteiger partial charge in [-0.2, -0.15) is 0 Å². The first-order valence-corrected chi connectivity index (χ1v) is 11.5. The standard InChI is InChI=1S/C23H22FN3O2S2/c1-17(28)27(20-6-3-2-4-7-20)23-26-19(16-31-23)10-13-22(29)25-14-5-15-30-21-11-8-18(24)9-12-21/h2-4,6-13,16H,5,14-15H2,1H3,(H,25,29). The molecule has 1 aromatic heterocycles. The van der Waals surface area contributed by atoms with Crippen molar-refractivity contribution in [2.75, 3.05) is 17.2 Å². The Morgan fingerprint density at radius 1 is 1.16 bits per heavy atom. The Labute approximate surface area is 189 Å². The molecule has 0 atom stereocenters. The summed E-state index contributed by atoms with van der Waals surface area (Å²) in [5, 5.41) is 5.19. The second-order valence-corrected chi connectivity index (χ2v) is 8.53. The summed E-state index contributed by atoms with van der Waals surface area (Å²) < 4.78 is 12.9. The highest BCUT2D eigenvalue weighted by Gasteiger charge is 2.17. The molecule has 5 nitrogen and oxygen atoms in total. The first kappa shape index (κ1) is 22.7. The van der Waals surface area contributed by atoms with Crippen LogP contribution in [0.15, 0.2) is 70.9 Å². The monoisotopic (exact) mass is 455 g/mol. The third kappa shape index (κ3) is 7.04. The van der Waals surface area contributed by atoms with Gasteiger partial charge in [0.1, 0.15) is 5.82 Å². The molecule has 31 heavy (non-hydrogen) atoms. The van der Waals surface area contributed by atoms with Crippen LogP contribution in [0.3, 0.4) is 0 Å². The average Bonchev–Trinajstić information content (AvgIpc) is 3.22. The van der Waals surface area contributed by atoms with Crippen LogP contribution >= 0.6 is 23.1 Å². The number of thioether (sulfide) groups is 1. The van der Waals surface area contributed by atoms with Gasteiger partial charge in [0.15, 0.2) is 5.13 Å². The second-order valence-electron chi connectivity index (χ2n) is 6.53. The lowest BCUT2D eigenvalue weighted by Gasteiger charge is -2.17. The number of aromatic nitrogens is 1. The predicted octanol–water partition coefficient (Wildman–Crippen LogP) is 5.28. The van der Waals surface area contributed by atoms with Crippen LogP contribution in [0, 0.1) is 5.82 Å². The zero-order valence-electron chi connectivity index (χ0n) is 17.0. The highest BCUT2D eigenvalue weighted by atomic mass is 32.2. The topological polar surface area (TPSA) is 62.3 Å². The van der Waals surface area contributed by atoms with E-state index in [1.54, 1.807) is 40.3 Å². The number of nitrogens with zero attached hydrogens (tertiary/aromatic N) is 2. The molecular formula is C23H22FN3O2S2. The van der Waals surface area contributed by atoms with Crippen LogP contribution in [-0.2, 0) is 9.59 Å². The fraction of sp³-hybridized carbons (Fsp3) is 0.174. The lowest BCUT2D eigenvalue weighted by atomic mass is 10.3. The molecule has 0 aliphatic heterocycles. The van der Waals surface area contributed by atoms with E-state index in [-0.39, 0.29) is 17.6 Å². The molecule has 0 bridgehead atoms. The van der Waals surface area contributed by atoms with Crippen molar-refractivity contribution in [2.24, 2.45) is 0 Å². The Kier molecular flexibility index (Phi) is 8.37. The quantitative estimate of drug-likeness (QED) is 0.271. The molecule has 0 saturated carbocycles. The zero-order valence-corrected chi connectivity index (χ0v) is 18.6. The van der Waals surface area contributed by atoms with Crippen LogP contribution in [0.2, 0.25) is 0 Å². The van der Waals surface area contributed by atoms with Crippen molar-refractivity contribution in [3.63, 3.8) is 0 Å². The van der Waals surface area contributed by atoms with E-state index in [9.17, 15) is 14.0 Å². The fourth-order valence-electron chi connectivity index (χ4n) is 2.68. The van der Waals surface area contributed by atoms with Gasteiger partial charge in [0.2, 0.25) is 11.8 Å². The van der Waals surface area contributed by atoms with Crippen molar-refractivity contribution in [2.45, 2.75) is 18.2 Å². The molecule has 0 saturated heterocycles. The SMILES string of the molecule is CC(=O)N(c1ccccc1)c1nc(C=CC(=O)NCCCSc2ccc(F)cc2)cs1. The van der Waals surface area contributed by atoms with Crippen molar-refractivity contribution in [3.8, 4) is 0 Å². The lowest BCUT2D eigenvalue weighted by molar-refractivity contribution is -0.117. The number of anilines is 2. The van der Waals surface area contributed by atoms with E-state index in [2.05, 4.69) is 10.3 Å². The minimum atomic E-state index is -0.246. The van der Waals surface area contributed by atoms with E-state index in [4.69, 9.17) is 0 Å². The molecule has 0 aliphatic rings. The van der Waals surface area contributed by atoms with Gasteiger partial charge in [-0.05, 0) is 54.6 Å². The van der Waals surface area contributed by atoms with Crippen LogP contribution in [-0.4, -0.2) is 29.1 Å². The van der Waals surface area contributed by atoms with E-state index in [0.29, 0.717) is 17.4 Å². The number of para-hydroxylation sites is 1. The number of thiazole rings is 1. The number of halogens is 1. The molecule has 1 heterocycles. The molecule has 0 fully saturated rings. The maximum absolute atomic E-state index is 12.9. The first-order chi connectivity index (χ1) is 15.0. The van der Waals surface area contributed by atoms with Gasteiger partial charge >= 0.3 is 0 Å². The number of benzene rings is 2. The van der Waals surface area contributed by atoms with Crippen LogP contribution < -0.4 is 10.2 Å². The highest BCUT2D eigenvalue weighted by molar-refractivity contribution is 7.99. The fourth-order valence-corrected chi connectivity index (χ4v) is 4.39. The van der Waals surface area contributed by atoms with Crippen LogP contribution in [0.25, 0.3) is 6.08 Å². The van der Waals surface area contributed by atoms with Crippen molar-refractivity contribution in [1.82, 2.24) is 10.3 Å². The highest BCUT2D eigenvalue weighted by Crippen LogP contribution is 2.29. The predicted molar refractivity (Wildman–Crippen MR) is 125 cm³/mol. The van der Waals surface area contributed by atoms with E-state index in [1.165, 1.54) is 36.5 Å². The summed E-state index contributed by atoms with van der Waals surface area (Å²) in [6.45, 7) is 2.04. The molecule has 0 spiro atoms. The molecular weight excluding hydrogens is 433 g/mol.